The van der Waals surface area contributed by atoms with Gasteiger partial charge in [0.25, 0.3) is 0 Å². The van der Waals surface area contributed by atoms with Crippen LogP contribution in [-0.4, -0.2) is 46.2 Å². The maximum absolute atomic E-state index is 13.1. The molecule has 1 heterocycles. The lowest BCUT2D eigenvalue weighted by atomic mass is 10.0. The second-order valence-electron chi connectivity index (χ2n) is 8.55. The van der Waals surface area contributed by atoms with Gasteiger partial charge in [0.15, 0.2) is 5.16 Å². The Labute approximate surface area is 226 Å². The molecule has 0 aliphatic heterocycles. The van der Waals surface area contributed by atoms with E-state index < -0.39 is 12.2 Å². The van der Waals surface area contributed by atoms with E-state index in [0.29, 0.717) is 29.2 Å². The molecule has 0 unspecified atom stereocenters. The van der Waals surface area contributed by atoms with Crippen LogP contribution in [0.1, 0.15) is 12.5 Å². The lowest BCUT2D eigenvalue weighted by Crippen LogP contribution is -2.30. The number of nitrogens with zero attached hydrogens (tertiary/aromatic N) is 4. The van der Waals surface area contributed by atoms with Crippen molar-refractivity contribution < 1.29 is 19.4 Å². The number of anilines is 2. The molecule has 0 spiro atoms. The van der Waals surface area contributed by atoms with Crippen LogP contribution in [0.3, 0.4) is 0 Å². The van der Waals surface area contributed by atoms with Gasteiger partial charge < -0.3 is 14.4 Å². The predicted molar refractivity (Wildman–Crippen MR) is 151 cm³/mol. The van der Waals surface area contributed by atoms with Gasteiger partial charge in [0.1, 0.15) is 5.75 Å². The minimum atomic E-state index is -1.04. The number of para-hydroxylation sites is 2. The summed E-state index contributed by atoms with van der Waals surface area (Å²) in [5, 5.41) is 10.7. The van der Waals surface area contributed by atoms with Crippen molar-refractivity contribution in [2.75, 3.05) is 29.1 Å². The summed E-state index contributed by atoms with van der Waals surface area (Å²) in [6.07, 6.45) is 3.00. The van der Waals surface area contributed by atoms with Crippen molar-refractivity contribution in [3.05, 3.63) is 90.8 Å². The Morgan fingerprint density at radius 3 is 2.21 bits per heavy atom. The maximum atomic E-state index is 13.1. The van der Waals surface area contributed by atoms with Crippen molar-refractivity contribution in [3.8, 4) is 16.9 Å². The number of hydrogen-bond acceptors (Lipinski definition) is 5. The number of aromatic nitrogens is 2. The lowest BCUT2D eigenvalue weighted by molar-refractivity contribution is 0.202. The van der Waals surface area contributed by atoms with E-state index in [1.54, 1.807) is 56.2 Å². The fraction of sp³-hybridized carbons (Fsp3) is 0.207. The monoisotopic (exact) mass is 530 g/mol. The van der Waals surface area contributed by atoms with Gasteiger partial charge >= 0.3 is 12.2 Å². The van der Waals surface area contributed by atoms with Gasteiger partial charge in [-0.1, -0.05) is 60.3 Å². The average Bonchev–Trinajstić information content (AvgIpc) is 3.34. The van der Waals surface area contributed by atoms with Crippen molar-refractivity contribution in [1.29, 1.82) is 0 Å². The minimum Gasteiger partial charge on any atom is -0.465 e. The zero-order chi connectivity index (χ0) is 27.1. The van der Waals surface area contributed by atoms with E-state index >= 15 is 0 Å². The van der Waals surface area contributed by atoms with Crippen molar-refractivity contribution in [3.63, 3.8) is 0 Å². The molecule has 196 valence electrons. The zero-order valence-electron chi connectivity index (χ0n) is 21.6. The summed E-state index contributed by atoms with van der Waals surface area (Å²) in [7, 11) is 3.62. The van der Waals surface area contributed by atoms with Crippen LogP contribution in [0.2, 0.25) is 0 Å². The van der Waals surface area contributed by atoms with Crippen LogP contribution in [0.25, 0.3) is 11.1 Å². The fourth-order valence-electron chi connectivity index (χ4n) is 4.08. The molecule has 9 heteroatoms. The van der Waals surface area contributed by atoms with Gasteiger partial charge in [-0.25, -0.2) is 14.6 Å². The Balaban J connectivity index is 1.46. The Hall–Kier alpha value is -4.24. The number of amides is 2. The quantitative estimate of drug-likeness (QED) is 0.247. The molecule has 4 aromatic rings. The highest BCUT2D eigenvalue weighted by Crippen LogP contribution is 2.37. The van der Waals surface area contributed by atoms with Gasteiger partial charge in [-0.15, -0.1) is 0 Å². The molecule has 8 nitrogen and oxygen atoms in total. The summed E-state index contributed by atoms with van der Waals surface area (Å²) < 4.78 is 7.65. The number of benzene rings is 3. The normalized spacial score (nSPS) is 10.7. The van der Waals surface area contributed by atoms with Gasteiger partial charge in [0.2, 0.25) is 0 Å². The Morgan fingerprint density at radius 2 is 1.61 bits per heavy atom. The third-order valence-electron chi connectivity index (χ3n) is 6.10. The molecule has 0 aliphatic carbocycles. The van der Waals surface area contributed by atoms with Gasteiger partial charge in [0.05, 0.1) is 11.4 Å². The number of carboxylic acid groups (broad SMARTS) is 1. The minimum absolute atomic E-state index is 0.296. The summed E-state index contributed by atoms with van der Waals surface area (Å²) in [5.74, 6) is 1.34. The molecular formula is C29H30N4O4S. The Morgan fingerprint density at radius 1 is 0.974 bits per heavy atom. The third-order valence-corrected chi connectivity index (χ3v) is 7.16. The SMILES string of the molecule is CCN(C(=O)O)c1ccccc1-c1ccccc1N(C)C(=O)Oc1ccc(CCSc2nccn2C)cc1. The molecule has 0 radical (unpaired) electrons. The largest absolute Gasteiger partial charge is 0.465 e. The lowest BCUT2D eigenvalue weighted by Gasteiger charge is -2.24. The number of thioether (sulfide) groups is 1. The summed E-state index contributed by atoms with van der Waals surface area (Å²) in [4.78, 5) is 31.9. The van der Waals surface area contributed by atoms with Crippen LogP contribution < -0.4 is 14.5 Å². The number of hydrogen-bond donors (Lipinski definition) is 1. The van der Waals surface area contributed by atoms with Crippen molar-refractivity contribution in [2.45, 2.75) is 18.5 Å². The molecule has 0 saturated carbocycles. The number of carbonyl (C=O) groups excluding carboxylic acids is 1. The molecular weight excluding hydrogens is 500 g/mol. The summed E-state index contributed by atoms with van der Waals surface area (Å²) in [5.41, 5.74) is 3.73. The fourth-order valence-corrected chi connectivity index (χ4v) is 5.00. The molecule has 2 amide bonds. The van der Waals surface area contributed by atoms with Crippen molar-refractivity contribution in [1.82, 2.24) is 9.55 Å². The molecule has 0 aliphatic rings. The number of carbonyl (C=O) groups is 2. The second kappa shape index (κ2) is 12.3. The second-order valence-corrected chi connectivity index (χ2v) is 9.61. The molecule has 0 bridgehead atoms. The average molecular weight is 531 g/mol. The van der Waals surface area contributed by atoms with Gasteiger partial charge in [0, 0.05) is 49.9 Å². The highest BCUT2D eigenvalue weighted by Gasteiger charge is 2.22. The van der Waals surface area contributed by atoms with Crippen LogP contribution >= 0.6 is 11.8 Å². The molecule has 1 N–H and O–H groups in total. The molecule has 1 aromatic heterocycles. The first-order chi connectivity index (χ1) is 18.4. The molecule has 0 saturated heterocycles. The standard InChI is InChI=1S/C29H30N4O4S/c1-4-33(28(34)35)26-12-8-6-10-24(26)23-9-5-7-11-25(23)32(3)29(36)37-22-15-13-21(14-16-22)17-20-38-27-30-18-19-31(27)2/h5-16,18-19H,4,17,20H2,1-3H3,(H,34,35). The number of aryl methyl sites for hydroxylation is 2. The summed E-state index contributed by atoms with van der Waals surface area (Å²) in [6, 6.07) is 22.1. The molecule has 0 atom stereocenters. The number of rotatable bonds is 9. The molecule has 0 fully saturated rings. The van der Waals surface area contributed by atoms with E-state index in [1.807, 2.05) is 66.3 Å². The van der Waals surface area contributed by atoms with Crippen LogP contribution in [0.4, 0.5) is 21.0 Å². The maximum Gasteiger partial charge on any atom is 0.419 e. The van der Waals surface area contributed by atoms with Crippen molar-refractivity contribution in [2.24, 2.45) is 7.05 Å². The van der Waals surface area contributed by atoms with E-state index in [9.17, 15) is 14.7 Å². The molecule has 38 heavy (non-hydrogen) atoms. The van der Waals surface area contributed by atoms with Crippen LogP contribution in [-0.2, 0) is 13.5 Å². The topological polar surface area (TPSA) is 87.9 Å². The summed E-state index contributed by atoms with van der Waals surface area (Å²) in [6.45, 7) is 2.08. The van der Waals surface area contributed by atoms with Crippen LogP contribution in [0, 0.1) is 0 Å². The van der Waals surface area contributed by atoms with Gasteiger partial charge in [-0.2, -0.15) is 0 Å². The first-order valence-corrected chi connectivity index (χ1v) is 13.2. The first kappa shape index (κ1) is 26.8. The highest BCUT2D eigenvalue weighted by atomic mass is 32.2. The first-order valence-electron chi connectivity index (χ1n) is 12.2. The molecule has 4 rings (SSSR count). The van der Waals surface area contributed by atoms with E-state index in [0.717, 1.165) is 28.5 Å². The Kier molecular flexibility index (Phi) is 8.70. The van der Waals surface area contributed by atoms with E-state index in [-0.39, 0.29) is 0 Å². The third kappa shape index (κ3) is 6.18. The molecule has 3 aromatic carbocycles. The van der Waals surface area contributed by atoms with Crippen LogP contribution in [0.15, 0.2) is 90.3 Å². The summed E-state index contributed by atoms with van der Waals surface area (Å²) >= 11 is 1.69. The van der Waals surface area contributed by atoms with E-state index in [2.05, 4.69) is 4.98 Å². The smallest absolute Gasteiger partial charge is 0.419 e. The van der Waals surface area contributed by atoms with E-state index in [1.165, 1.54) is 9.80 Å². The van der Waals surface area contributed by atoms with Crippen molar-refractivity contribution >= 4 is 35.3 Å². The predicted octanol–water partition coefficient (Wildman–Crippen LogP) is 6.56. The highest BCUT2D eigenvalue weighted by molar-refractivity contribution is 7.99. The van der Waals surface area contributed by atoms with Gasteiger partial charge in [-0.05, 0) is 43.2 Å². The number of ether oxygens (including phenoxy) is 1. The van der Waals surface area contributed by atoms with Gasteiger partial charge in [-0.3, -0.25) is 9.80 Å². The Bertz CT molecular complexity index is 1400. The number of imidazole rings is 1. The van der Waals surface area contributed by atoms with E-state index in [4.69, 9.17) is 4.74 Å². The zero-order valence-corrected chi connectivity index (χ0v) is 22.4. The van der Waals surface area contributed by atoms with Crippen LogP contribution in [0.5, 0.6) is 5.75 Å².